The molecular weight excluding hydrogens is 358 g/mol. The molecular formula is C22H20ClN3O. The third-order valence-corrected chi connectivity index (χ3v) is 5.27. The molecule has 1 amide bonds. The van der Waals surface area contributed by atoms with Crippen molar-refractivity contribution in [1.29, 1.82) is 0 Å². The topological polar surface area (TPSA) is 54.9 Å². The van der Waals surface area contributed by atoms with Crippen molar-refractivity contribution < 1.29 is 4.79 Å². The van der Waals surface area contributed by atoms with E-state index in [4.69, 9.17) is 11.6 Å². The molecule has 0 bridgehead atoms. The number of nitrogens with one attached hydrogen (secondary N) is 1. The number of benzene rings is 2. The van der Waals surface area contributed by atoms with Crippen LogP contribution >= 0.6 is 11.6 Å². The average molecular weight is 378 g/mol. The second kappa shape index (κ2) is 7.89. The number of rotatable bonds is 5. The van der Waals surface area contributed by atoms with Crippen molar-refractivity contribution in [3.8, 4) is 22.4 Å². The van der Waals surface area contributed by atoms with Gasteiger partial charge >= 0.3 is 0 Å². The number of carbonyl (C=O) groups excluding carboxylic acids is 1. The molecule has 4 rings (SSSR count). The quantitative estimate of drug-likeness (QED) is 0.689. The molecule has 0 unspecified atom stereocenters. The molecule has 1 aliphatic carbocycles. The van der Waals surface area contributed by atoms with Crippen molar-refractivity contribution in [2.24, 2.45) is 5.92 Å². The predicted octanol–water partition coefficient (Wildman–Crippen LogP) is 4.88. The Labute approximate surface area is 163 Å². The summed E-state index contributed by atoms with van der Waals surface area (Å²) in [4.78, 5) is 20.9. The molecule has 1 aromatic heterocycles. The fraction of sp³-hybridized carbons (Fsp3) is 0.227. The van der Waals surface area contributed by atoms with Gasteiger partial charge in [-0.1, -0.05) is 66.6 Å². The number of nitrogens with zero attached hydrogens (tertiary/aromatic N) is 2. The van der Waals surface area contributed by atoms with Gasteiger partial charge in [0.25, 0.3) is 0 Å². The van der Waals surface area contributed by atoms with Gasteiger partial charge in [-0.05, 0) is 30.0 Å². The highest BCUT2D eigenvalue weighted by Gasteiger charge is 2.25. The van der Waals surface area contributed by atoms with Crippen molar-refractivity contribution >= 4 is 17.5 Å². The molecule has 27 heavy (non-hydrogen) atoms. The minimum Gasteiger partial charge on any atom is -0.350 e. The first-order valence-electron chi connectivity index (χ1n) is 9.16. The Balaban J connectivity index is 1.51. The van der Waals surface area contributed by atoms with Gasteiger partial charge in [-0.2, -0.15) is 0 Å². The summed E-state index contributed by atoms with van der Waals surface area (Å²) < 4.78 is 0. The van der Waals surface area contributed by atoms with Crippen LogP contribution in [0.5, 0.6) is 0 Å². The Hall–Kier alpha value is -2.72. The normalized spacial score (nSPS) is 13.8. The standard InChI is InChI=1S/C22H20ClN3O/c23-21-20(14-25-22(27)16-8-4-9-16)24-13-19(26-21)18-11-5-10-17(12-18)15-6-2-1-3-7-15/h1-3,5-7,10-13,16H,4,8-9,14H2,(H,25,27). The van der Waals surface area contributed by atoms with Gasteiger partial charge in [-0.3, -0.25) is 9.78 Å². The summed E-state index contributed by atoms with van der Waals surface area (Å²) >= 11 is 6.32. The van der Waals surface area contributed by atoms with E-state index in [1.165, 1.54) is 0 Å². The van der Waals surface area contributed by atoms with Crippen molar-refractivity contribution in [2.45, 2.75) is 25.8 Å². The largest absolute Gasteiger partial charge is 0.350 e. The highest BCUT2D eigenvalue weighted by atomic mass is 35.5. The molecule has 4 nitrogen and oxygen atoms in total. The van der Waals surface area contributed by atoms with Crippen LogP contribution in [0.2, 0.25) is 5.15 Å². The molecule has 1 fully saturated rings. The number of hydrogen-bond acceptors (Lipinski definition) is 3. The molecule has 1 aliphatic rings. The lowest BCUT2D eigenvalue weighted by atomic mass is 9.85. The van der Waals surface area contributed by atoms with Crippen LogP contribution in [0, 0.1) is 5.92 Å². The molecule has 1 heterocycles. The lowest BCUT2D eigenvalue weighted by Crippen LogP contribution is -2.34. The smallest absolute Gasteiger partial charge is 0.223 e. The summed E-state index contributed by atoms with van der Waals surface area (Å²) in [6, 6.07) is 18.3. The molecule has 3 aromatic rings. The van der Waals surface area contributed by atoms with Crippen LogP contribution in [0.1, 0.15) is 25.0 Å². The molecule has 2 aromatic carbocycles. The van der Waals surface area contributed by atoms with Gasteiger partial charge < -0.3 is 5.32 Å². The van der Waals surface area contributed by atoms with E-state index >= 15 is 0 Å². The van der Waals surface area contributed by atoms with Gasteiger partial charge in [0, 0.05) is 11.5 Å². The van der Waals surface area contributed by atoms with E-state index in [1.54, 1.807) is 6.20 Å². The lowest BCUT2D eigenvalue weighted by Gasteiger charge is -2.23. The maximum Gasteiger partial charge on any atom is 0.223 e. The van der Waals surface area contributed by atoms with E-state index in [1.807, 2.05) is 30.3 Å². The average Bonchev–Trinajstić information content (AvgIpc) is 2.66. The number of carbonyl (C=O) groups is 1. The summed E-state index contributed by atoms with van der Waals surface area (Å²) in [5, 5.41) is 3.23. The first kappa shape index (κ1) is 17.7. The monoisotopic (exact) mass is 377 g/mol. The summed E-state index contributed by atoms with van der Waals surface area (Å²) in [6.45, 7) is 0.311. The molecule has 1 N–H and O–H groups in total. The lowest BCUT2D eigenvalue weighted by molar-refractivity contribution is -0.127. The summed E-state index contributed by atoms with van der Waals surface area (Å²) in [6.07, 6.45) is 4.79. The van der Waals surface area contributed by atoms with Crippen molar-refractivity contribution in [1.82, 2.24) is 15.3 Å². The SMILES string of the molecule is O=C(NCc1ncc(-c2cccc(-c3ccccc3)c2)nc1Cl)C1CCC1. The fourth-order valence-electron chi connectivity index (χ4n) is 3.12. The van der Waals surface area contributed by atoms with Gasteiger partial charge in [-0.15, -0.1) is 0 Å². The van der Waals surface area contributed by atoms with Crippen LogP contribution < -0.4 is 5.32 Å². The van der Waals surface area contributed by atoms with E-state index < -0.39 is 0 Å². The van der Waals surface area contributed by atoms with Gasteiger partial charge in [-0.25, -0.2) is 4.98 Å². The molecule has 0 saturated heterocycles. The van der Waals surface area contributed by atoms with Crippen LogP contribution in [0.15, 0.2) is 60.8 Å². The first-order chi connectivity index (χ1) is 13.2. The van der Waals surface area contributed by atoms with Gasteiger partial charge in [0.1, 0.15) is 0 Å². The molecule has 0 aliphatic heterocycles. The number of aromatic nitrogens is 2. The third kappa shape index (κ3) is 4.01. The highest BCUT2D eigenvalue weighted by molar-refractivity contribution is 6.30. The second-order valence-corrected chi connectivity index (χ2v) is 7.14. The van der Waals surface area contributed by atoms with Crippen molar-refractivity contribution in [3.05, 3.63) is 71.6 Å². The van der Waals surface area contributed by atoms with Crippen LogP contribution in [0.4, 0.5) is 0 Å². The minimum absolute atomic E-state index is 0.0822. The van der Waals surface area contributed by atoms with Gasteiger partial charge in [0.15, 0.2) is 5.15 Å². The number of amides is 1. The molecule has 0 radical (unpaired) electrons. The van der Waals surface area contributed by atoms with Gasteiger partial charge in [0.2, 0.25) is 5.91 Å². The first-order valence-corrected chi connectivity index (χ1v) is 9.53. The molecule has 0 atom stereocenters. The van der Waals surface area contributed by atoms with E-state index in [9.17, 15) is 4.79 Å². The van der Waals surface area contributed by atoms with Crippen LogP contribution in [0.3, 0.4) is 0 Å². The Morgan fingerprint density at radius 2 is 1.78 bits per heavy atom. The summed E-state index contributed by atoms with van der Waals surface area (Å²) in [5.74, 6) is 0.232. The van der Waals surface area contributed by atoms with Gasteiger partial charge in [0.05, 0.1) is 24.1 Å². The Kier molecular flexibility index (Phi) is 5.16. The third-order valence-electron chi connectivity index (χ3n) is 4.97. The minimum atomic E-state index is 0.0822. The molecule has 0 spiro atoms. The molecule has 5 heteroatoms. The molecule has 1 saturated carbocycles. The Bertz CT molecular complexity index is 955. The second-order valence-electron chi connectivity index (χ2n) is 6.79. The van der Waals surface area contributed by atoms with Crippen LogP contribution in [-0.2, 0) is 11.3 Å². The van der Waals surface area contributed by atoms with E-state index in [2.05, 4.69) is 39.6 Å². The number of hydrogen-bond donors (Lipinski definition) is 1. The highest BCUT2D eigenvalue weighted by Crippen LogP contribution is 2.27. The van der Waals surface area contributed by atoms with Crippen molar-refractivity contribution in [3.63, 3.8) is 0 Å². The van der Waals surface area contributed by atoms with Crippen LogP contribution in [-0.4, -0.2) is 15.9 Å². The predicted molar refractivity (Wildman–Crippen MR) is 107 cm³/mol. The van der Waals surface area contributed by atoms with E-state index in [0.717, 1.165) is 36.0 Å². The van der Waals surface area contributed by atoms with Crippen molar-refractivity contribution in [2.75, 3.05) is 0 Å². The molecule has 136 valence electrons. The maximum absolute atomic E-state index is 12.0. The van der Waals surface area contributed by atoms with Crippen LogP contribution in [0.25, 0.3) is 22.4 Å². The zero-order valence-electron chi connectivity index (χ0n) is 14.9. The maximum atomic E-state index is 12.0. The zero-order valence-corrected chi connectivity index (χ0v) is 15.6. The Morgan fingerprint density at radius 3 is 2.48 bits per heavy atom. The van der Waals surface area contributed by atoms with E-state index in [-0.39, 0.29) is 11.8 Å². The number of halogens is 1. The summed E-state index contributed by atoms with van der Waals surface area (Å²) in [7, 11) is 0. The summed E-state index contributed by atoms with van der Waals surface area (Å²) in [5.41, 5.74) is 4.52. The zero-order chi connectivity index (χ0) is 18.6. The Morgan fingerprint density at radius 1 is 1.04 bits per heavy atom. The van der Waals surface area contributed by atoms with E-state index in [0.29, 0.717) is 23.1 Å². The fourth-order valence-corrected chi connectivity index (χ4v) is 3.33.